The molecule has 0 spiro atoms. The maximum atomic E-state index is 9.84. The van der Waals surface area contributed by atoms with Crippen molar-refractivity contribution in [3.8, 4) is 0 Å². The van der Waals surface area contributed by atoms with Crippen LogP contribution in [0.25, 0.3) is 0 Å². The molecule has 2 rings (SSSR count). The van der Waals surface area contributed by atoms with Crippen LogP contribution in [0.2, 0.25) is 0 Å². The standard InChI is InChI=1S/C17H27NO/c1-12-11-17(3,4)10-9-15(12)18-16-8-6-5-7-14(16)13(2)19/h5-8,12-13,15,18-19H,9-11H2,1-4H3. The number of anilines is 1. The van der Waals surface area contributed by atoms with Gasteiger partial charge in [0.05, 0.1) is 6.10 Å². The molecule has 1 aromatic carbocycles. The zero-order valence-corrected chi connectivity index (χ0v) is 12.6. The molecule has 3 atom stereocenters. The van der Waals surface area contributed by atoms with Gasteiger partial charge in [-0.3, -0.25) is 0 Å². The van der Waals surface area contributed by atoms with Gasteiger partial charge < -0.3 is 10.4 Å². The third-order valence-corrected chi connectivity index (χ3v) is 4.45. The van der Waals surface area contributed by atoms with Gasteiger partial charge >= 0.3 is 0 Å². The minimum Gasteiger partial charge on any atom is -0.389 e. The van der Waals surface area contributed by atoms with Gasteiger partial charge in [0.25, 0.3) is 0 Å². The minimum absolute atomic E-state index is 0.418. The molecule has 1 aromatic rings. The highest BCUT2D eigenvalue weighted by atomic mass is 16.3. The van der Waals surface area contributed by atoms with Crippen LogP contribution < -0.4 is 5.32 Å². The summed E-state index contributed by atoms with van der Waals surface area (Å²) in [7, 11) is 0. The molecule has 0 saturated heterocycles. The van der Waals surface area contributed by atoms with Gasteiger partial charge in [0, 0.05) is 17.3 Å². The Balaban J connectivity index is 2.10. The molecule has 2 nitrogen and oxygen atoms in total. The van der Waals surface area contributed by atoms with Crippen molar-refractivity contribution in [2.45, 2.75) is 59.1 Å². The summed E-state index contributed by atoms with van der Waals surface area (Å²) in [6, 6.07) is 8.62. The molecule has 106 valence electrons. The summed E-state index contributed by atoms with van der Waals surface area (Å²) in [6.45, 7) is 8.89. The fraction of sp³-hybridized carbons (Fsp3) is 0.647. The van der Waals surface area contributed by atoms with Gasteiger partial charge in [-0.05, 0) is 43.6 Å². The third kappa shape index (κ3) is 3.50. The predicted octanol–water partition coefficient (Wildman–Crippen LogP) is 4.37. The van der Waals surface area contributed by atoms with Gasteiger partial charge in [0.15, 0.2) is 0 Å². The molecule has 1 aliphatic carbocycles. The summed E-state index contributed by atoms with van der Waals surface area (Å²) in [5.41, 5.74) is 2.56. The van der Waals surface area contributed by atoms with Crippen molar-refractivity contribution in [2.24, 2.45) is 11.3 Å². The smallest absolute Gasteiger partial charge is 0.0781 e. The Labute approximate surface area is 117 Å². The van der Waals surface area contributed by atoms with Crippen LogP contribution in [0.3, 0.4) is 0 Å². The van der Waals surface area contributed by atoms with Crippen molar-refractivity contribution in [1.29, 1.82) is 0 Å². The van der Waals surface area contributed by atoms with Crippen LogP contribution in [0, 0.1) is 11.3 Å². The third-order valence-electron chi connectivity index (χ3n) is 4.45. The number of rotatable bonds is 3. The van der Waals surface area contributed by atoms with Crippen LogP contribution in [0.5, 0.6) is 0 Å². The Hall–Kier alpha value is -1.02. The molecular formula is C17H27NO. The van der Waals surface area contributed by atoms with Crippen LogP contribution in [-0.4, -0.2) is 11.1 Å². The van der Waals surface area contributed by atoms with Crippen molar-refractivity contribution >= 4 is 5.69 Å². The first-order valence-corrected chi connectivity index (χ1v) is 7.42. The van der Waals surface area contributed by atoms with Crippen molar-refractivity contribution < 1.29 is 5.11 Å². The quantitative estimate of drug-likeness (QED) is 0.847. The Kier molecular flexibility index (Phi) is 4.19. The van der Waals surface area contributed by atoms with Gasteiger partial charge in [-0.25, -0.2) is 0 Å². The number of para-hydroxylation sites is 1. The SMILES string of the molecule is CC(O)c1ccccc1NC1CCC(C)(C)CC1C. The molecule has 19 heavy (non-hydrogen) atoms. The molecule has 0 bridgehead atoms. The topological polar surface area (TPSA) is 32.3 Å². The van der Waals surface area contributed by atoms with E-state index in [4.69, 9.17) is 0 Å². The second-order valence-corrected chi connectivity index (χ2v) is 6.90. The van der Waals surface area contributed by atoms with Crippen LogP contribution in [-0.2, 0) is 0 Å². The van der Waals surface area contributed by atoms with Crippen molar-refractivity contribution in [1.82, 2.24) is 0 Å². The first kappa shape index (κ1) is 14.4. The van der Waals surface area contributed by atoms with Crippen LogP contribution >= 0.6 is 0 Å². The van der Waals surface area contributed by atoms with Crippen molar-refractivity contribution in [3.63, 3.8) is 0 Å². The maximum Gasteiger partial charge on any atom is 0.0781 e. The van der Waals surface area contributed by atoms with E-state index in [2.05, 4.69) is 32.2 Å². The molecule has 1 saturated carbocycles. The molecule has 3 unspecified atom stereocenters. The maximum absolute atomic E-state index is 9.84. The van der Waals surface area contributed by atoms with Gasteiger partial charge in [0.1, 0.15) is 0 Å². The second kappa shape index (κ2) is 5.54. The van der Waals surface area contributed by atoms with Crippen molar-refractivity contribution in [3.05, 3.63) is 29.8 Å². The highest BCUT2D eigenvalue weighted by Crippen LogP contribution is 2.40. The van der Waals surface area contributed by atoms with Gasteiger partial charge in [0.2, 0.25) is 0 Å². The number of aliphatic hydroxyl groups is 1. The van der Waals surface area contributed by atoms with Crippen LogP contribution in [0.4, 0.5) is 5.69 Å². The van der Waals surface area contributed by atoms with Gasteiger partial charge in [-0.15, -0.1) is 0 Å². The van der Waals surface area contributed by atoms with E-state index in [1.807, 2.05) is 25.1 Å². The molecule has 0 amide bonds. The lowest BCUT2D eigenvalue weighted by molar-refractivity contribution is 0.176. The Morgan fingerprint density at radius 2 is 2.00 bits per heavy atom. The Morgan fingerprint density at radius 3 is 2.63 bits per heavy atom. The predicted molar refractivity (Wildman–Crippen MR) is 81.3 cm³/mol. The summed E-state index contributed by atoms with van der Waals surface area (Å²) in [5.74, 6) is 0.672. The molecule has 2 heteroatoms. The van der Waals surface area contributed by atoms with E-state index in [1.165, 1.54) is 19.3 Å². The Morgan fingerprint density at radius 1 is 1.32 bits per heavy atom. The number of aliphatic hydroxyl groups excluding tert-OH is 1. The van der Waals surface area contributed by atoms with Crippen LogP contribution in [0.1, 0.15) is 58.6 Å². The summed E-state index contributed by atoms with van der Waals surface area (Å²) in [6.07, 6.45) is 3.33. The van der Waals surface area contributed by atoms with E-state index in [0.29, 0.717) is 17.4 Å². The second-order valence-electron chi connectivity index (χ2n) is 6.90. The molecule has 0 radical (unpaired) electrons. The summed E-state index contributed by atoms with van der Waals surface area (Å²) in [5, 5.41) is 13.5. The molecule has 1 fully saturated rings. The lowest BCUT2D eigenvalue weighted by Gasteiger charge is -2.40. The monoisotopic (exact) mass is 261 g/mol. The summed E-state index contributed by atoms with van der Waals surface area (Å²) < 4.78 is 0. The molecule has 0 aromatic heterocycles. The highest BCUT2D eigenvalue weighted by Gasteiger charge is 2.32. The molecule has 1 aliphatic rings. The van der Waals surface area contributed by atoms with E-state index in [-0.39, 0.29) is 0 Å². The number of hydrogen-bond acceptors (Lipinski definition) is 2. The van der Waals surface area contributed by atoms with E-state index in [1.54, 1.807) is 0 Å². The minimum atomic E-state index is -0.418. The molecule has 0 heterocycles. The van der Waals surface area contributed by atoms with E-state index in [9.17, 15) is 5.11 Å². The largest absolute Gasteiger partial charge is 0.389 e. The van der Waals surface area contributed by atoms with E-state index in [0.717, 1.165) is 11.3 Å². The van der Waals surface area contributed by atoms with E-state index < -0.39 is 6.10 Å². The summed E-state index contributed by atoms with van der Waals surface area (Å²) in [4.78, 5) is 0. The van der Waals surface area contributed by atoms with Gasteiger partial charge in [-0.1, -0.05) is 39.0 Å². The number of benzene rings is 1. The van der Waals surface area contributed by atoms with Crippen LogP contribution in [0.15, 0.2) is 24.3 Å². The average molecular weight is 261 g/mol. The molecule has 0 aliphatic heterocycles. The van der Waals surface area contributed by atoms with Crippen molar-refractivity contribution in [2.75, 3.05) is 5.32 Å². The Bertz CT molecular complexity index is 425. The molecular weight excluding hydrogens is 234 g/mol. The van der Waals surface area contributed by atoms with E-state index >= 15 is 0 Å². The zero-order chi connectivity index (χ0) is 14.0. The molecule has 2 N–H and O–H groups in total. The fourth-order valence-electron chi connectivity index (χ4n) is 3.35. The first-order valence-electron chi connectivity index (χ1n) is 7.42. The first-order chi connectivity index (χ1) is 8.89. The fourth-order valence-corrected chi connectivity index (χ4v) is 3.35. The highest BCUT2D eigenvalue weighted by molar-refractivity contribution is 5.52. The zero-order valence-electron chi connectivity index (χ0n) is 12.6. The van der Waals surface area contributed by atoms with Gasteiger partial charge in [-0.2, -0.15) is 0 Å². The number of nitrogens with one attached hydrogen (secondary N) is 1. The normalized spacial score (nSPS) is 27.8. The average Bonchev–Trinajstić information content (AvgIpc) is 2.32. The lowest BCUT2D eigenvalue weighted by atomic mass is 9.70. The lowest BCUT2D eigenvalue weighted by Crippen LogP contribution is -2.37. The summed E-state index contributed by atoms with van der Waals surface area (Å²) >= 11 is 0. The number of hydrogen-bond donors (Lipinski definition) is 2.